The minimum atomic E-state index is -0.565. The molecule has 1 N–H and O–H groups in total. The zero-order valence-corrected chi connectivity index (χ0v) is 11.0. The van der Waals surface area contributed by atoms with Crippen LogP contribution in [0.2, 0.25) is 0 Å². The van der Waals surface area contributed by atoms with Crippen molar-refractivity contribution in [2.45, 2.75) is 6.10 Å². The number of methoxy groups -OCH3 is 1. The molecule has 0 radical (unpaired) electrons. The molecule has 3 nitrogen and oxygen atoms in total. The smallest absolute Gasteiger partial charge is 0.119 e. The lowest BCUT2D eigenvalue weighted by Crippen LogP contribution is -2.04. The van der Waals surface area contributed by atoms with Crippen LogP contribution in [0.3, 0.4) is 0 Å². The maximum atomic E-state index is 10.1. The average Bonchev–Trinajstić information content (AvgIpc) is 2.93. The average molecular weight is 264 g/mol. The van der Waals surface area contributed by atoms with Crippen LogP contribution in [0.5, 0.6) is 5.75 Å². The Bertz CT molecular complexity index is 450. The summed E-state index contributed by atoms with van der Waals surface area (Å²) in [6.07, 6.45) is -0.565. The molecule has 18 heavy (non-hydrogen) atoms. The summed E-state index contributed by atoms with van der Waals surface area (Å²) in [5.41, 5.74) is 1.79. The quantitative estimate of drug-likeness (QED) is 0.815. The first kappa shape index (κ1) is 13.1. The van der Waals surface area contributed by atoms with E-state index in [1.54, 1.807) is 18.4 Å². The minimum absolute atomic E-state index is 0.531. The Morgan fingerprint density at radius 2 is 1.89 bits per heavy atom. The Hall–Kier alpha value is -1.36. The van der Waals surface area contributed by atoms with Crippen LogP contribution in [0, 0.1) is 0 Å². The molecule has 0 aliphatic carbocycles. The van der Waals surface area contributed by atoms with E-state index in [4.69, 9.17) is 9.47 Å². The van der Waals surface area contributed by atoms with Crippen LogP contribution in [-0.4, -0.2) is 25.4 Å². The van der Waals surface area contributed by atoms with Crippen LogP contribution in [-0.2, 0) is 4.74 Å². The van der Waals surface area contributed by atoms with Gasteiger partial charge in [-0.25, -0.2) is 0 Å². The summed E-state index contributed by atoms with van der Waals surface area (Å²) in [7, 11) is 1.64. The molecule has 0 saturated carbocycles. The highest BCUT2D eigenvalue weighted by molar-refractivity contribution is 7.07. The van der Waals surface area contributed by atoms with Gasteiger partial charge in [-0.3, -0.25) is 0 Å². The van der Waals surface area contributed by atoms with Crippen molar-refractivity contribution in [3.05, 3.63) is 52.2 Å². The summed E-state index contributed by atoms with van der Waals surface area (Å²) in [6, 6.07) is 9.41. The normalized spacial score (nSPS) is 12.3. The molecule has 0 amide bonds. The van der Waals surface area contributed by atoms with Gasteiger partial charge in [-0.1, -0.05) is 12.1 Å². The standard InChI is InChI=1S/C14H16O3S/c1-16-7-8-17-13-4-2-11(3-5-13)14(15)12-6-9-18-10-12/h2-6,9-10,14-15H,7-8H2,1H3/t14-/m0/s1. The molecule has 0 unspecified atom stereocenters. The van der Waals surface area contributed by atoms with Crippen molar-refractivity contribution in [3.63, 3.8) is 0 Å². The van der Waals surface area contributed by atoms with Gasteiger partial charge < -0.3 is 14.6 Å². The van der Waals surface area contributed by atoms with Crippen LogP contribution < -0.4 is 4.74 Å². The van der Waals surface area contributed by atoms with Crippen LogP contribution in [0.1, 0.15) is 17.2 Å². The summed E-state index contributed by atoms with van der Waals surface area (Å²) in [6.45, 7) is 1.10. The molecule has 0 spiro atoms. The highest BCUT2D eigenvalue weighted by Crippen LogP contribution is 2.25. The van der Waals surface area contributed by atoms with Crippen molar-refractivity contribution in [2.24, 2.45) is 0 Å². The van der Waals surface area contributed by atoms with Gasteiger partial charge >= 0.3 is 0 Å². The van der Waals surface area contributed by atoms with Crippen molar-refractivity contribution in [1.82, 2.24) is 0 Å². The molecular weight excluding hydrogens is 248 g/mol. The van der Waals surface area contributed by atoms with Gasteiger partial charge in [-0.15, -0.1) is 0 Å². The first-order chi connectivity index (χ1) is 8.81. The van der Waals surface area contributed by atoms with E-state index in [1.807, 2.05) is 41.1 Å². The second kappa shape index (κ2) is 6.54. The minimum Gasteiger partial charge on any atom is -0.491 e. The number of rotatable bonds is 6. The predicted molar refractivity (Wildman–Crippen MR) is 72.2 cm³/mol. The van der Waals surface area contributed by atoms with Gasteiger partial charge in [0, 0.05) is 7.11 Å². The molecular formula is C14H16O3S. The maximum absolute atomic E-state index is 10.1. The Morgan fingerprint density at radius 1 is 1.11 bits per heavy atom. The van der Waals surface area contributed by atoms with E-state index in [-0.39, 0.29) is 0 Å². The largest absolute Gasteiger partial charge is 0.491 e. The van der Waals surface area contributed by atoms with Gasteiger partial charge in [0.1, 0.15) is 18.5 Å². The monoisotopic (exact) mass is 264 g/mol. The van der Waals surface area contributed by atoms with Gasteiger partial charge in [0.15, 0.2) is 0 Å². The molecule has 1 heterocycles. The zero-order chi connectivity index (χ0) is 12.8. The Kier molecular flexibility index (Phi) is 4.75. The molecule has 4 heteroatoms. The number of aliphatic hydroxyl groups excluding tert-OH is 1. The van der Waals surface area contributed by atoms with Crippen LogP contribution >= 0.6 is 11.3 Å². The molecule has 1 aromatic heterocycles. The SMILES string of the molecule is COCCOc1ccc([C@H](O)c2ccsc2)cc1. The number of benzene rings is 1. The molecule has 0 fully saturated rings. The van der Waals surface area contributed by atoms with Crippen molar-refractivity contribution < 1.29 is 14.6 Å². The molecule has 2 rings (SSSR count). The summed E-state index contributed by atoms with van der Waals surface area (Å²) >= 11 is 1.58. The Labute approximate surface area is 111 Å². The highest BCUT2D eigenvalue weighted by atomic mass is 32.1. The zero-order valence-electron chi connectivity index (χ0n) is 10.2. The third-order valence-electron chi connectivity index (χ3n) is 2.61. The Balaban J connectivity index is 1.99. The van der Waals surface area contributed by atoms with Gasteiger partial charge in [0.2, 0.25) is 0 Å². The van der Waals surface area contributed by atoms with Crippen molar-refractivity contribution in [2.75, 3.05) is 20.3 Å². The van der Waals surface area contributed by atoms with Crippen LogP contribution in [0.4, 0.5) is 0 Å². The van der Waals surface area contributed by atoms with Gasteiger partial charge in [0.25, 0.3) is 0 Å². The van der Waals surface area contributed by atoms with E-state index in [9.17, 15) is 5.11 Å². The third kappa shape index (κ3) is 3.32. The van der Waals surface area contributed by atoms with Crippen LogP contribution in [0.25, 0.3) is 0 Å². The molecule has 0 aliphatic rings. The van der Waals surface area contributed by atoms with Crippen LogP contribution in [0.15, 0.2) is 41.1 Å². The fourth-order valence-electron chi connectivity index (χ4n) is 1.61. The number of aliphatic hydroxyl groups is 1. The molecule has 1 aromatic carbocycles. The summed E-state index contributed by atoms with van der Waals surface area (Å²) in [5.74, 6) is 0.785. The van der Waals surface area contributed by atoms with E-state index in [0.717, 1.165) is 16.9 Å². The fourth-order valence-corrected chi connectivity index (χ4v) is 2.29. The lowest BCUT2D eigenvalue weighted by molar-refractivity contribution is 0.146. The van der Waals surface area contributed by atoms with E-state index in [1.165, 1.54) is 0 Å². The lowest BCUT2D eigenvalue weighted by atomic mass is 10.0. The topological polar surface area (TPSA) is 38.7 Å². The third-order valence-corrected chi connectivity index (χ3v) is 3.31. The highest BCUT2D eigenvalue weighted by Gasteiger charge is 2.10. The van der Waals surface area contributed by atoms with Crippen molar-refractivity contribution in [1.29, 1.82) is 0 Å². The summed E-state index contributed by atoms with van der Waals surface area (Å²) in [4.78, 5) is 0. The molecule has 0 bridgehead atoms. The lowest BCUT2D eigenvalue weighted by Gasteiger charge is -2.10. The number of thiophene rings is 1. The maximum Gasteiger partial charge on any atom is 0.119 e. The molecule has 2 aromatic rings. The summed E-state index contributed by atoms with van der Waals surface area (Å²) in [5, 5.41) is 14.0. The summed E-state index contributed by atoms with van der Waals surface area (Å²) < 4.78 is 10.4. The van der Waals surface area contributed by atoms with Gasteiger partial charge in [0.05, 0.1) is 6.61 Å². The fraction of sp³-hybridized carbons (Fsp3) is 0.286. The van der Waals surface area contributed by atoms with Crippen molar-refractivity contribution >= 4 is 11.3 Å². The molecule has 1 atom stereocenters. The van der Waals surface area contributed by atoms with E-state index < -0.39 is 6.10 Å². The number of hydrogen-bond donors (Lipinski definition) is 1. The second-order valence-corrected chi connectivity index (χ2v) is 4.65. The molecule has 96 valence electrons. The van der Waals surface area contributed by atoms with E-state index >= 15 is 0 Å². The first-order valence-corrected chi connectivity index (χ1v) is 6.67. The van der Waals surface area contributed by atoms with Gasteiger partial charge in [-0.05, 0) is 40.1 Å². The number of ether oxygens (including phenoxy) is 2. The van der Waals surface area contributed by atoms with E-state index in [2.05, 4.69) is 0 Å². The number of hydrogen-bond acceptors (Lipinski definition) is 4. The molecule has 0 saturated heterocycles. The predicted octanol–water partition coefficient (Wildman–Crippen LogP) is 2.86. The Morgan fingerprint density at radius 3 is 2.50 bits per heavy atom. The van der Waals surface area contributed by atoms with E-state index in [0.29, 0.717) is 13.2 Å². The van der Waals surface area contributed by atoms with Gasteiger partial charge in [-0.2, -0.15) is 11.3 Å². The second-order valence-electron chi connectivity index (χ2n) is 3.87. The molecule has 0 aliphatic heterocycles. The van der Waals surface area contributed by atoms with Crippen molar-refractivity contribution in [3.8, 4) is 5.75 Å². The first-order valence-electron chi connectivity index (χ1n) is 5.73.